The lowest BCUT2D eigenvalue weighted by molar-refractivity contribution is 0.00158. The van der Waals surface area contributed by atoms with Crippen molar-refractivity contribution in [3.8, 4) is 11.3 Å². The zero-order valence-electron chi connectivity index (χ0n) is 15.3. The van der Waals surface area contributed by atoms with Crippen LogP contribution in [0.1, 0.15) is 23.2 Å². The summed E-state index contributed by atoms with van der Waals surface area (Å²) in [5.74, 6) is -0.236. The van der Waals surface area contributed by atoms with E-state index in [1.54, 1.807) is 18.3 Å². The molecule has 3 heterocycles. The first kappa shape index (κ1) is 18.1. The number of carbonyl (C=O) groups excluding carboxylic acids is 1. The minimum atomic E-state index is -0.272. The van der Waals surface area contributed by atoms with Gasteiger partial charge in [0.1, 0.15) is 5.82 Å². The molecule has 1 aromatic heterocycles. The van der Waals surface area contributed by atoms with Gasteiger partial charge >= 0.3 is 0 Å². The summed E-state index contributed by atoms with van der Waals surface area (Å²) in [5, 5.41) is 0. The smallest absolute Gasteiger partial charge is 0.255 e. The number of hydrogen-bond donors (Lipinski definition) is 0. The van der Waals surface area contributed by atoms with Crippen LogP contribution >= 0.6 is 0 Å². The molecule has 6 heteroatoms. The number of morpholine rings is 1. The van der Waals surface area contributed by atoms with Gasteiger partial charge in [-0.3, -0.25) is 14.7 Å². The average molecular weight is 369 g/mol. The fourth-order valence-corrected chi connectivity index (χ4v) is 3.87. The van der Waals surface area contributed by atoms with Crippen molar-refractivity contribution in [3.05, 3.63) is 54.0 Å². The predicted octanol–water partition coefficient (Wildman–Crippen LogP) is 2.82. The number of aromatic nitrogens is 1. The molecule has 2 saturated heterocycles. The van der Waals surface area contributed by atoms with Gasteiger partial charge in [-0.1, -0.05) is 0 Å². The molecular weight excluding hydrogens is 345 g/mol. The fourth-order valence-electron chi connectivity index (χ4n) is 3.87. The predicted molar refractivity (Wildman–Crippen MR) is 101 cm³/mol. The lowest BCUT2D eigenvalue weighted by Gasteiger charge is -2.40. The Kier molecular flexibility index (Phi) is 5.45. The van der Waals surface area contributed by atoms with Gasteiger partial charge < -0.3 is 9.64 Å². The number of piperidine rings is 1. The lowest BCUT2D eigenvalue weighted by atomic mass is 10.0. The highest BCUT2D eigenvalue weighted by Crippen LogP contribution is 2.21. The van der Waals surface area contributed by atoms with Crippen molar-refractivity contribution in [2.24, 2.45) is 0 Å². The molecule has 0 saturated carbocycles. The standard InChI is InChI=1S/C21H24FN3O2/c22-18-4-1-16(2-5-18)20-6-3-17(15-23-20)21(26)25-9-7-19(8-10-25)24-11-13-27-14-12-24/h1-6,15,19H,7-14H2. The molecule has 0 spiro atoms. The van der Waals surface area contributed by atoms with E-state index in [0.717, 1.165) is 63.5 Å². The van der Waals surface area contributed by atoms with Crippen LogP contribution in [-0.2, 0) is 4.74 Å². The molecule has 0 unspecified atom stereocenters. The van der Waals surface area contributed by atoms with E-state index in [1.807, 2.05) is 17.0 Å². The summed E-state index contributed by atoms with van der Waals surface area (Å²) in [7, 11) is 0. The zero-order chi connectivity index (χ0) is 18.6. The normalized spacial score (nSPS) is 19.2. The van der Waals surface area contributed by atoms with Crippen LogP contribution in [0.5, 0.6) is 0 Å². The first-order chi connectivity index (χ1) is 13.2. The van der Waals surface area contributed by atoms with Gasteiger partial charge in [-0.15, -0.1) is 0 Å². The third-order valence-electron chi connectivity index (χ3n) is 5.46. The number of ether oxygens (including phenoxy) is 1. The molecule has 0 aliphatic carbocycles. The van der Waals surface area contributed by atoms with E-state index in [-0.39, 0.29) is 11.7 Å². The van der Waals surface area contributed by atoms with Crippen molar-refractivity contribution in [2.45, 2.75) is 18.9 Å². The van der Waals surface area contributed by atoms with Gasteiger partial charge in [0, 0.05) is 44.0 Å². The highest BCUT2D eigenvalue weighted by atomic mass is 19.1. The highest BCUT2D eigenvalue weighted by molar-refractivity contribution is 5.94. The third kappa shape index (κ3) is 4.17. The number of amides is 1. The summed E-state index contributed by atoms with van der Waals surface area (Å²) in [6.45, 7) is 5.17. The van der Waals surface area contributed by atoms with Crippen LogP contribution in [0.3, 0.4) is 0 Å². The summed E-state index contributed by atoms with van der Waals surface area (Å²) >= 11 is 0. The molecule has 142 valence electrons. The topological polar surface area (TPSA) is 45.7 Å². The van der Waals surface area contributed by atoms with Crippen molar-refractivity contribution >= 4 is 5.91 Å². The molecular formula is C21H24FN3O2. The number of nitrogens with zero attached hydrogens (tertiary/aromatic N) is 3. The van der Waals surface area contributed by atoms with E-state index >= 15 is 0 Å². The van der Waals surface area contributed by atoms with E-state index in [1.165, 1.54) is 12.1 Å². The minimum Gasteiger partial charge on any atom is -0.379 e. The number of pyridine rings is 1. The quantitative estimate of drug-likeness (QED) is 0.835. The Labute approximate surface area is 158 Å². The number of halogens is 1. The van der Waals surface area contributed by atoms with Crippen molar-refractivity contribution in [3.63, 3.8) is 0 Å². The molecule has 0 radical (unpaired) electrons. The van der Waals surface area contributed by atoms with Gasteiger partial charge in [0.2, 0.25) is 0 Å². The second-order valence-electron chi connectivity index (χ2n) is 7.11. The Balaban J connectivity index is 1.36. The number of likely N-dealkylation sites (tertiary alicyclic amines) is 1. The van der Waals surface area contributed by atoms with Gasteiger partial charge in [-0.25, -0.2) is 4.39 Å². The maximum atomic E-state index is 13.0. The number of hydrogen-bond acceptors (Lipinski definition) is 4. The molecule has 1 aromatic carbocycles. The minimum absolute atomic E-state index is 0.0357. The molecule has 5 nitrogen and oxygen atoms in total. The molecule has 0 atom stereocenters. The van der Waals surface area contributed by atoms with Crippen LogP contribution in [0.4, 0.5) is 4.39 Å². The summed E-state index contributed by atoms with van der Waals surface area (Å²) in [6.07, 6.45) is 3.63. The van der Waals surface area contributed by atoms with Gasteiger partial charge in [0.25, 0.3) is 5.91 Å². The molecule has 2 aromatic rings. The van der Waals surface area contributed by atoms with Crippen molar-refractivity contribution in [1.82, 2.24) is 14.8 Å². The van der Waals surface area contributed by atoms with E-state index in [2.05, 4.69) is 9.88 Å². The Morgan fingerprint density at radius 1 is 1.00 bits per heavy atom. The molecule has 1 amide bonds. The van der Waals surface area contributed by atoms with E-state index in [9.17, 15) is 9.18 Å². The van der Waals surface area contributed by atoms with Gasteiger partial charge in [-0.05, 0) is 49.2 Å². The van der Waals surface area contributed by atoms with Gasteiger partial charge in [0.05, 0.1) is 24.5 Å². The second kappa shape index (κ2) is 8.15. The van der Waals surface area contributed by atoms with E-state index in [4.69, 9.17) is 4.74 Å². The third-order valence-corrected chi connectivity index (χ3v) is 5.46. The van der Waals surface area contributed by atoms with E-state index in [0.29, 0.717) is 11.6 Å². The van der Waals surface area contributed by atoms with Gasteiger partial charge in [-0.2, -0.15) is 0 Å². The lowest BCUT2D eigenvalue weighted by Crippen LogP contribution is -2.50. The van der Waals surface area contributed by atoms with Crippen molar-refractivity contribution in [1.29, 1.82) is 0 Å². The summed E-state index contributed by atoms with van der Waals surface area (Å²) in [4.78, 5) is 21.6. The Morgan fingerprint density at radius 3 is 2.33 bits per heavy atom. The van der Waals surface area contributed by atoms with Crippen LogP contribution in [0.15, 0.2) is 42.6 Å². The van der Waals surface area contributed by atoms with Crippen LogP contribution < -0.4 is 0 Å². The fraction of sp³-hybridized carbons (Fsp3) is 0.429. The molecule has 2 aliphatic rings. The Bertz CT molecular complexity index is 765. The molecule has 0 N–H and O–H groups in total. The summed E-state index contributed by atoms with van der Waals surface area (Å²) in [5.41, 5.74) is 2.17. The summed E-state index contributed by atoms with van der Waals surface area (Å²) < 4.78 is 18.5. The monoisotopic (exact) mass is 369 g/mol. The maximum Gasteiger partial charge on any atom is 0.255 e. The Hall–Kier alpha value is -2.31. The Morgan fingerprint density at radius 2 is 1.70 bits per heavy atom. The first-order valence-electron chi connectivity index (χ1n) is 9.54. The van der Waals surface area contributed by atoms with Crippen LogP contribution in [0, 0.1) is 5.82 Å². The average Bonchev–Trinajstić information content (AvgIpc) is 2.75. The maximum absolute atomic E-state index is 13.0. The second-order valence-corrected chi connectivity index (χ2v) is 7.11. The number of benzene rings is 1. The first-order valence-corrected chi connectivity index (χ1v) is 9.54. The SMILES string of the molecule is O=C(c1ccc(-c2ccc(F)cc2)nc1)N1CCC(N2CCOCC2)CC1. The number of carbonyl (C=O) groups is 1. The largest absolute Gasteiger partial charge is 0.379 e. The van der Waals surface area contributed by atoms with Crippen molar-refractivity contribution < 1.29 is 13.9 Å². The van der Waals surface area contributed by atoms with Crippen LogP contribution in [0.25, 0.3) is 11.3 Å². The summed E-state index contributed by atoms with van der Waals surface area (Å²) in [6, 6.07) is 10.4. The molecule has 2 aliphatic heterocycles. The molecule has 4 rings (SSSR count). The zero-order valence-corrected chi connectivity index (χ0v) is 15.3. The van der Waals surface area contributed by atoms with Crippen molar-refractivity contribution in [2.75, 3.05) is 39.4 Å². The molecule has 2 fully saturated rings. The van der Waals surface area contributed by atoms with E-state index < -0.39 is 0 Å². The highest BCUT2D eigenvalue weighted by Gasteiger charge is 2.28. The molecule has 0 bridgehead atoms. The number of rotatable bonds is 3. The van der Waals surface area contributed by atoms with Crippen LogP contribution in [-0.4, -0.2) is 66.1 Å². The van der Waals surface area contributed by atoms with Gasteiger partial charge in [0.15, 0.2) is 0 Å². The molecule has 27 heavy (non-hydrogen) atoms. The van der Waals surface area contributed by atoms with Crippen LogP contribution in [0.2, 0.25) is 0 Å².